The van der Waals surface area contributed by atoms with Gasteiger partial charge in [0.2, 0.25) is 53.2 Å². The lowest BCUT2D eigenvalue weighted by Gasteiger charge is -2.26. The zero-order valence-electron chi connectivity index (χ0n) is 41.0. The summed E-state index contributed by atoms with van der Waals surface area (Å²) in [5.74, 6) is -15.2. The fraction of sp³-hybridized carbons (Fsp3) is 0.558. The molecule has 30 nitrogen and oxygen atoms in total. The standard InChI is InChI=1S/C43H64N14O16S3/c44-8-11-72-13-14-73-12-10-47-30(58)18-50-41(71)42-57-38(68)25(15-23-5-2-1-3-6-23)54-40(70)29-21-76-75-20-28(55-37(67)27(17-34(63)64)52-32(60)22-74-42)39(69)53-24(7-4-9-48-43(45)46)35(65)49-19-31(59)51-26(16-33(61)62)36(66)56-29/h1-3,5-6,24-29,42H,4,7-22,44H2,(H,47,58)(H,49,65)(H,50,71)(H,51,59)(H,52,60)(H,53,69)(H,54,70)(H,55,67)(H,56,66)(H,57,68)(H,61,62)(H,63,64)(H4,45,46,48)/t24-,25-,26-,27-,28-,29-,42?/m0/s1. The summed E-state index contributed by atoms with van der Waals surface area (Å²) in [6.45, 7) is -0.242. The Balaban J connectivity index is 2.10. The lowest BCUT2D eigenvalue weighted by atomic mass is 10.0. The molecular formula is C43H64N14O16S3. The molecule has 2 fully saturated rings. The average Bonchev–Trinajstić information content (AvgIpc) is 3.36. The number of ether oxygens (including phenoxy) is 2. The van der Waals surface area contributed by atoms with Crippen LogP contribution in [0.4, 0.5) is 0 Å². The van der Waals surface area contributed by atoms with Gasteiger partial charge in [0.15, 0.2) is 11.3 Å². The first kappa shape index (κ1) is 63.4. The van der Waals surface area contributed by atoms with Gasteiger partial charge >= 0.3 is 11.9 Å². The molecule has 420 valence electrons. The maximum Gasteiger partial charge on any atom is 0.305 e. The molecule has 1 aromatic carbocycles. The highest BCUT2D eigenvalue weighted by Gasteiger charge is 2.36. The van der Waals surface area contributed by atoms with Crippen molar-refractivity contribution >= 4 is 110 Å². The maximum atomic E-state index is 14.4. The van der Waals surface area contributed by atoms with E-state index in [9.17, 15) is 67.7 Å². The first-order chi connectivity index (χ1) is 36.3. The van der Waals surface area contributed by atoms with Crippen LogP contribution < -0.4 is 70.4 Å². The van der Waals surface area contributed by atoms with E-state index in [0.717, 1.165) is 21.6 Å². The number of hydrogen-bond donors (Lipinski definition) is 15. The van der Waals surface area contributed by atoms with Crippen LogP contribution in [0.1, 0.15) is 31.2 Å². The zero-order valence-corrected chi connectivity index (χ0v) is 43.4. The van der Waals surface area contributed by atoms with E-state index in [-0.39, 0.29) is 63.9 Å². The number of carboxylic acids is 2. The van der Waals surface area contributed by atoms with E-state index in [0.29, 0.717) is 30.5 Å². The third-order valence-corrected chi connectivity index (χ3v) is 13.8. The van der Waals surface area contributed by atoms with Crippen molar-refractivity contribution in [3.8, 4) is 0 Å². The molecule has 18 N–H and O–H groups in total. The van der Waals surface area contributed by atoms with E-state index >= 15 is 0 Å². The second-order valence-corrected chi connectivity index (χ2v) is 20.0. The lowest BCUT2D eigenvalue weighted by Crippen LogP contribution is -2.60. The van der Waals surface area contributed by atoms with E-state index in [2.05, 4.69) is 58.2 Å². The number of aliphatic imine (C=N–C) groups is 1. The number of carboxylic acid groups (broad SMARTS) is 2. The Bertz CT molecular complexity index is 2230. The van der Waals surface area contributed by atoms with Gasteiger partial charge in [-0.1, -0.05) is 51.9 Å². The summed E-state index contributed by atoms with van der Waals surface area (Å²) in [6.07, 6.45) is -2.36. The van der Waals surface area contributed by atoms with Crippen LogP contribution in [0.25, 0.3) is 0 Å². The largest absolute Gasteiger partial charge is 0.481 e. The molecule has 2 heterocycles. The predicted octanol–water partition coefficient (Wildman–Crippen LogP) is -6.93. The molecule has 0 radical (unpaired) electrons. The summed E-state index contributed by atoms with van der Waals surface area (Å²) in [7, 11) is 1.67. The van der Waals surface area contributed by atoms with Gasteiger partial charge in [-0.25, -0.2) is 0 Å². The molecule has 76 heavy (non-hydrogen) atoms. The zero-order chi connectivity index (χ0) is 56.0. The molecule has 1 aromatic rings. The molecule has 0 spiro atoms. The fourth-order valence-electron chi connectivity index (χ4n) is 6.62. The number of nitrogens with two attached hydrogens (primary N) is 3. The van der Waals surface area contributed by atoms with Gasteiger partial charge in [0.25, 0.3) is 5.91 Å². The minimum atomic E-state index is -1.87. The van der Waals surface area contributed by atoms with Crippen LogP contribution >= 0.6 is 33.3 Å². The molecule has 0 aromatic heterocycles. The third-order valence-electron chi connectivity index (χ3n) is 10.3. The van der Waals surface area contributed by atoms with Gasteiger partial charge in [0, 0.05) is 37.6 Å². The molecule has 2 aliphatic rings. The highest BCUT2D eigenvalue weighted by atomic mass is 33.1. The van der Waals surface area contributed by atoms with Crippen LogP contribution in [0.2, 0.25) is 0 Å². The summed E-state index contributed by atoms with van der Waals surface area (Å²) in [6, 6.07) is -1.82. The monoisotopic (exact) mass is 1130 g/mol. The van der Waals surface area contributed by atoms with Crippen molar-refractivity contribution in [1.29, 1.82) is 0 Å². The quantitative estimate of drug-likeness (QED) is 0.0235. The smallest absolute Gasteiger partial charge is 0.305 e. The van der Waals surface area contributed by atoms with Crippen LogP contribution in [0.5, 0.6) is 0 Å². The number of guanidine groups is 1. The van der Waals surface area contributed by atoms with Gasteiger partial charge in [-0.2, -0.15) is 0 Å². The Morgan fingerprint density at radius 2 is 1.22 bits per heavy atom. The summed E-state index contributed by atoms with van der Waals surface area (Å²) >= 11 is 0.466. The summed E-state index contributed by atoms with van der Waals surface area (Å²) < 4.78 is 10.6. The Kier molecular flexibility index (Phi) is 28.8. The number of thioether (sulfide) groups is 1. The highest BCUT2D eigenvalue weighted by Crippen LogP contribution is 2.24. The van der Waals surface area contributed by atoms with Crippen molar-refractivity contribution in [2.45, 2.75) is 73.7 Å². The number of nitrogens with zero attached hydrogens (tertiary/aromatic N) is 1. The molecule has 0 aliphatic carbocycles. The van der Waals surface area contributed by atoms with Crippen molar-refractivity contribution in [1.82, 2.24) is 53.2 Å². The number of amides is 10. The van der Waals surface area contributed by atoms with Gasteiger partial charge in [-0.3, -0.25) is 62.5 Å². The van der Waals surface area contributed by atoms with Gasteiger partial charge < -0.3 is 90.1 Å². The topological polar surface area (TPSA) is 474 Å². The fourth-order valence-corrected chi connectivity index (χ4v) is 9.78. The third kappa shape index (κ3) is 25.1. The van der Waals surface area contributed by atoms with Crippen LogP contribution in [0, 0.1) is 0 Å². The molecule has 1 unspecified atom stereocenters. The van der Waals surface area contributed by atoms with Gasteiger partial charge in [0.1, 0.15) is 36.3 Å². The van der Waals surface area contributed by atoms with Crippen molar-refractivity contribution in [3.05, 3.63) is 35.9 Å². The van der Waals surface area contributed by atoms with E-state index < -0.39 is 150 Å². The first-order valence-electron chi connectivity index (χ1n) is 23.4. The molecule has 3 rings (SSSR count). The van der Waals surface area contributed by atoms with Gasteiger partial charge in [0.05, 0.1) is 58.1 Å². The molecule has 2 saturated heterocycles. The molecule has 2 aliphatic heterocycles. The molecule has 0 saturated carbocycles. The molecule has 33 heteroatoms. The second-order valence-electron chi connectivity index (χ2n) is 16.4. The number of aliphatic carboxylic acids is 2. The summed E-state index contributed by atoms with van der Waals surface area (Å²) in [4.78, 5) is 165. The number of rotatable bonds is 21. The second kappa shape index (κ2) is 34.6. The van der Waals surface area contributed by atoms with E-state index in [1.54, 1.807) is 30.3 Å². The number of nitrogens with one attached hydrogen (secondary N) is 10. The molecule has 2 bridgehead atoms. The van der Waals surface area contributed by atoms with Crippen molar-refractivity contribution < 1.29 is 77.2 Å². The maximum absolute atomic E-state index is 14.4. The van der Waals surface area contributed by atoms with Crippen molar-refractivity contribution in [3.63, 3.8) is 0 Å². The number of fused-ring (bicyclic) bond motifs is 5. The number of hydrogen-bond acceptors (Lipinski definition) is 19. The van der Waals surface area contributed by atoms with Crippen LogP contribution in [-0.2, 0) is 73.4 Å². The summed E-state index contributed by atoms with van der Waals surface area (Å²) in [5.41, 5.74) is 16.7. The Hall–Kier alpha value is -6.94. The van der Waals surface area contributed by atoms with Crippen LogP contribution in [-0.4, -0.2) is 205 Å². The lowest BCUT2D eigenvalue weighted by molar-refractivity contribution is -0.141. The van der Waals surface area contributed by atoms with E-state index in [1.807, 2.05) is 0 Å². The van der Waals surface area contributed by atoms with Gasteiger partial charge in [-0.15, -0.1) is 11.8 Å². The Labute approximate surface area is 447 Å². The molecule has 10 amide bonds. The van der Waals surface area contributed by atoms with E-state index in [4.69, 9.17) is 26.7 Å². The average molecular weight is 1130 g/mol. The minimum absolute atomic E-state index is 0.0191. The molecular weight excluding hydrogens is 1060 g/mol. The van der Waals surface area contributed by atoms with Crippen LogP contribution in [0.15, 0.2) is 35.3 Å². The van der Waals surface area contributed by atoms with Crippen molar-refractivity contribution in [2.75, 3.05) is 76.4 Å². The number of benzene rings is 1. The summed E-state index contributed by atoms with van der Waals surface area (Å²) in [5, 5.41) is 41.7. The number of carbonyl (C=O) groups excluding carboxylic acids is 10. The normalized spacial score (nSPS) is 22.7. The van der Waals surface area contributed by atoms with Gasteiger partial charge in [-0.05, 0) is 18.4 Å². The number of carbonyl (C=O) groups is 12. The van der Waals surface area contributed by atoms with E-state index in [1.165, 1.54) is 0 Å². The Morgan fingerprint density at radius 1 is 0.658 bits per heavy atom. The first-order valence-corrected chi connectivity index (χ1v) is 27.0. The van der Waals surface area contributed by atoms with Crippen LogP contribution in [0.3, 0.4) is 0 Å². The minimum Gasteiger partial charge on any atom is -0.481 e. The highest BCUT2D eigenvalue weighted by molar-refractivity contribution is 8.76. The van der Waals surface area contributed by atoms with Crippen molar-refractivity contribution in [2.24, 2.45) is 22.2 Å². The predicted molar refractivity (Wildman–Crippen MR) is 275 cm³/mol. The molecule has 7 atom stereocenters. The Morgan fingerprint density at radius 3 is 1.80 bits per heavy atom. The SMILES string of the molecule is NCCOCCOCCNC(=O)CNC(=O)C1NC(=O)[C@H](Cc2ccccc2)NC(=O)[C@@H]2CSSC[C@H](NC(=O)[C@H](CC(=O)O)NC(=O)CS1)C(=O)N[C@@H](CCCN=C(N)N)C(=O)NCC(=O)N[C@@H](CC(=O)O)C(=O)N2.